The van der Waals surface area contributed by atoms with Gasteiger partial charge in [-0.15, -0.1) is 11.8 Å². The van der Waals surface area contributed by atoms with Gasteiger partial charge in [0.2, 0.25) is 0 Å². The van der Waals surface area contributed by atoms with Crippen LogP contribution >= 0.6 is 11.8 Å². The highest BCUT2D eigenvalue weighted by Crippen LogP contribution is 2.52. The van der Waals surface area contributed by atoms with Crippen LogP contribution in [0.5, 0.6) is 0 Å². The molecule has 3 aromatic carbocycles. The van der Waals surface area contributed by atoms with E-state index in [-0.39, 0.29) is 11.0 Å². The third kappa shape index (κ3) is 2.54. The maximum absolute atomic E-state index is 13.4. The summed E-state index contributed by atoms with van der Waals surface area (Å²) in [5.74, 6) is 0.137. The molecule has 0 unspecified atom stereocenters. The van der Waals surface area contributed by atoms with Crippen LogP contribution in [0.3, 0.4) is 0 Å². The third-order valence-electron chi connectivity index (χ3n) is 5.32. The number of carbonyl (C=O) groups is 1. The average molecular weight is 369 g/mol. The molecule has 5 rings (SSSR count). The van der Waals surface area contributed by atoms with Crippen molar-refractivity contribution in [2.45, 2.75) is 24.0 Å². The van der Waals surface area contributed by atoms with Gasteiger partial charge in [-0.05, 0) is 37.1 Å². The van der Waals surface area contributed by atoms with Gasteiger partial charge in [-0.1, -0.05) is 60.2 Å². The number of para-hydroxylation sites is 1. The summed E-state index contributed by atoms with van der Waals surface area (Å²) in [6.07, 6.45) is 0. The SMILES string of the molecule is Cc1ccc([C@@H]2Sc3ccccc3NC3=C2C(=O)c2ccccc23)c(C)c1. The molecule has 0 radical (unpaired) electrons. The van der Waals surface area contributed by atoms with Gasteiger partial charge in [0, 0.05) is 21.6 Å². The number of hydrogen-bond acceptors (Lipinski definition) is 3. The molecule has 0 amide bonds. The van der Waals surface area contributed by atoms with Crippen molar-refractivity contribution in [3.05, 3.63) is 100 Å². The van der Waals surface area contributed by atoms with E-state index in [1.807, 2.05) is 30.3 Å². The van der Waals surface area contributed by atoms with Crippen molar-refractivity contribution in [3.8, 4) is 0 Å². The molecule has 1 heterocycles. The van der Waals surface area contributed by atoms with E-state index in [0.717, 1.165) is 28.1 Å². The number of hydrogen-bond donors (Lipinski definition) is 1. The van der Waals surface area contributed by atoms with Crippen LogP contribution in [-0.2, 0) is 0 Å². The summed E-state index contributed by atoms with van der Waals surface area (Å²) >= 11 is 1.76. The average Bonchev–Trinajstić information content (AvgIpc) is 2.84. The highest BCUT2D eigenvalue weighted by atomic mass is 32.2. The Morgan fingerprint density at radius 1 is 0.889 bits per heavy atom. The van der Waals surface area contributed by atoms with Crippen LogP contribution in [0.2, 0.25) is 0 Å². The van der Waals surface area contributed by atoms with Crippen LogP contribution in [0.1, 0.15) is 37.9 Å². The summed E-state index contributed by atoms with van der Waals surface area (Å²) < 4.78 is 0. The molecule has 0 saturated heterocycles. The number of Topliss-reactive ketones (excluding diaryl/α,β-unsaturated/α-hetero) is 1. The minimum Gasteiger partial charge on any atom is -0.354 e. The molecule has 0 spiro atoms. The summed E-state index contributed by atoms with van der Waals surface area (Å²) in [6.45, 7) is 4.25. The second-order valence-corrected chi connectivity index (χ2v) is 8.29. The minimum absolute atomic E-state index is 0.0309. The fourth-order valence-electron chi connectivity index (χ4n) is 4.02. The second-order valence-electron chi connectivity index (χ2n) is 7.14. The van der Waals surface area contributed by atoms with Gasteiger partial charge < -0.3 is 5.32 Å². The predicted octanol–water partition coefficient (Wildman–Crippen LogP) is 6.17. The molecular weight excluding hydrogens is 350 g/mol. The number of anilines is 1. The van der Waals surface area contributed by atoms with Gasteiger partial charge in [-0.2, -0.15) is 0 Å². The van der Waals surface area contributed by atoms with E-state index in [0.29, 0.717) is 0 Å². The Bertz CT molecular complexity index is 1130. The number of ketones is 1. The van der Waals surface area contributed by atoms with Crippen molar-refractivity contribution in [2.75, 3.05) is 5.32 Å². The quantitative estimate of drug-likeness (QED) is 0.556. The molecule has 1 aliphatic heterocycles. The van der Waals surface area contributed by atoms with Gasteiger partial charge in [0.25, 0.3) is 0 Å². The molecule has 0 bridgehead atoms. The van der Waals surface area contributed by atoms with Crippen molar-refractivity contribution < 1.29 is 4.79 Å². The number of thioether (sulfide) groups is 1. The summed E-state index contributed by atoms with van der Waals surface area (Å²) in [6, 6.07) is 22.7. The van der Waals surface area contributed by atoms with Gasteiger partial charge in [0.15, 0.2) is 5.78 Å². The zero-order valence-electron chi connectivity index (χ0n) is 15.2. The monoisotopic (exact) mass is 369 g/mol. The van der Waals surface area contributed by atoms with Crippen LogP contribution in [0.25, 0.3) is 5.70 Å². The molecule has 3 heteroatoms. The highest BCUT2D eigenvalue weighted by molar-refractivity contribution is 8.00. The fraction of sp³-hybridized carbons (Fsp3) is 0.125. The van der Waals surface area contributed by atoms with Crippen LogP contribution in [0.15, 0.2) is 77.2 Å². The molecule has 1 aliphatic carbocycles. The molecule has 0 aromatic heterocycles. The predicted molar refractivity (Wildman–Crippen MR) is 112 cm³/mol. The number of carbonyl (C=O) groups excluding carboxylic acids is 1. The molecule has 1 atom stereocenters. The van der Waals surface area contributed by atoms with E-state index in [1.165, 1.54) is 21.6 Å². The summed E-state index contributed by atoms with van der Waals surface area (Å²) in [4.78, 5) is 14.6. The van der Waals surface area contributed by atoms with Crippen molar-refractivity contribution >= 4 is 28.9 Å². The Kier molecular flexibility index (Phi) is 3.73. The highest BCUT2D eigenvalue weighted by Gasteiger charge is 2.38. The van der Waals surface area contributed by atoms with E-state index in [9.17, 15) is 4.79 Å². The Hall–Kier alpha value is -2.78. The van der Waals surface area contributed by atoms with E-state index in [4.69, 9.17) is 0 Å². The lowest BCUT2D eigenvalue weighted by Gasteiger charge is -2.20. The molecule has 27 heavy (non-hydrogen) atoms. The van der Waals surface area contributed by atoms with Crippen molar-refractivity contribution in [1.29, 1.82) is 0 Å². The zero-order valence-corrected chi connectivity index (χ0v) is 16.1. The number of rotatable bonds is 1. The Labute approximate surface area is 163 Å². The van der Waals surface area contributed by atoms with Gasteiger partial charge in [-0.3, -0.25) is 4.79 Å². The normalized spacial score (nSPS) is 17.7. The molecule has 3 aromatic rings. The Morgan fingerprint density at radius 3 is 2.44 bits per heavy atom. The number of nitrogens with one attached hydrogen (secondary N) is 1. The van der Waals surface area contributed by atoms with Gasteiger partial charge in [-0.25, -0.2) is 0 Å². The maximum Gasteiger partial charge on any atom is 0.193 e. The largest absolute Gasteiger partial charge is 0.354 e. The number of benzene rings is 3. The van der Waals surface area contributed by atoms with E-state index in [1.54, 1.807) is 11.8 Å². The third-order valence-corrected chi connectivity index (χ3v) is 6.65. The molecular formula is C24H19NOS. The maximum atomic E-state index is 13.4. The smallest absolute Gasteiger partial charge is 0.193 e. The first-order chi connectivity index (χ1) is 13.1. The Morgan fingerprint density at radius 2 is 1.63 bits per heavy atom. The second kappa shape index (κ2) is 6.14. The zero-order chi connectivity index (χ0) is 18.5. The van der Waals surface area contributed by atoms with Crippen LogP contribution in [-0.4, -0.2) is 5.78 Å². The fourth-order valence-corrected chi connectivity index (χ4v) is 5.41. The lowest BCUT2D eigenvalue weighted by atomic mass is 9.96. The standard InChI is InChI=1S/C24H19NOS/c1-14-11-12-16(15(2)13-14)24-21-22(17-7-3-4-8-18(17)23(21)26)25-19-9-5-6-10-20(19)27-24/h3-13,24-25H,1-2H3/t24-/m0/s1. The van der Waals surface area contributed by atoms with Crippen LogP contribution in [0.4, 0.5) is 5.69 Å². The van der Waals surface area contributed by atoms with E-state index in [2.05, 4.69) is 55.6 Å². The molecule has 132 valence electrons. The first kappa shape index (κ1) is 16.4. The van der Waals surface area contributed by atoms with Crippen LogP contribution < -0.4 is 5.32 Å². The van der Waals surface area contributed by atoms with Crippen molar-refractivity contribution in [2.24, 2.45) is 0 Å². The van der Waals surface area contributed by atoms with E-state index < -0.39 is 0 Å². The number of aryl methyl sites for hydroxylation is 2. The molecule has 1 N–H and O–H groups in total. The molecule has 0 saturated carbocycles. The van der Waals surface area contributed by atoms with Gasteiger partial charge in [0.05, 0.1) is 16.6 Å². The summed E-state index contributed by atoms with van der Waals surface area (Å²) in [5, 5.41) is 3.55. The molecule has 0 fully saturated rings. The van der Waals surface area contributed by atoms with Crippen LogP contribution in [0, 0.1) is 13.8 Å². The lowest BCUT2D eigenvalue weighted by molar-refractivity contribution is 0.103. The summed E-state index contributed by atoms with van der Waals surface area (Å²) in [7, 11) is 0. The van der Waals surface area contributed by atoms with E-state index >= 15 is 0 Å². The Balaban J connectivity index is 1.77. The molecule has 2 nitrogen and oxygen atoms in total. The minimum atomic E-state index is -0.0309. The number of fused-ring (bicyclic) bond motifs is 3. The lowest BCUT2D eigenvalue weighted by Crippen LogP contribution is -2.09. The topological polar surface area (TPSA) is 29.1 Å². The van der Waals surface area contributed by atoms with Gasteiger partial charge >= 0.3 is 0 Å². The van der Waals surface area contributed by atoms with Crippen molar-refractivity contribution in [1.82, 2.24) is 0 Å². The first-order valence-electron chi connectivity index (χ1n) is 9.11. The first-order valence-corrected chi connectivity index (χ1v) is 9.99. The van der Waals surface area contributed by atoms with Crippen molar-refractivity contribution in [3.63, 3.8) is 0 Å². The molecule has 2 aliphatic rings. The van der Waals surface area contributed by atoms with Gasteiger partial charge in [0.1, 0.15) is 0 Å². The summed E-state index contributed by atoms with van der Waals surface area (Å²) in [5.41, 5.74) is 8.35.